The van der Waals surface area contributed by atoms with Crippen LogP contribution in [-0.2, 0) is 6.42 Å². The molecule has 0 aromatic carbocycles. The van der Waals surface area contributed by atoms with Gasteiger partial charge in [0.15, 0.2) is 0 Å². The smallest absolute Gasteiger partial charge is 0.0605 e. The Bertz CT molecular complexity index is 388. The molecule has 0 aliphatic heterocycles. The second-order valence-electron chi connectivity index (χ2n) is 5.83. The quantitative estimate of drug-likeness (QED) is 0.863. The van der Waals surface area contributed by atoms with Crippen LogP contribution < -0.4 is 5.32 Å². The van der Waals surface area contributed by atoms with Crippen molar-refractivity contribution in [2.45, 2.75) is 45.1 Å². The molecule has 0 spiro atoms. The van der Waals surface area contributed by atoms with Crippen molar-refractivity contribution in [1.82, 2.24) is 10.3 Å². The fourth-order valence-corrected chi connectivity index (χ4v) is 3.43. The first-order valence-electron chi connectivity index (χ1n) is 7.00. The first-order chi connectivity index (χ1) is 8.33. The number of aromatic nitrogens is 1. The lowest BCUT2D eigenvalue weighted by Crippen LogP contribution is -2.25. The van der Waals surface area contributed by atoms with Crippen molar-refractivity contribution < 1.29 is 0 Å². The molecule has 2 heteroatoms. The molecule has 17 heavy (non-hydrogen) atoms. The lowest BCUT2D eigenvalue weighted by atomic mass is 10.1. The summed E-state index contributed by atoms with van der Waals surface area (Å²) in [7, 11) is 0. The van der Waals surface area contributed by atoms with E-state index >= 15 is 0 Å². The maximum atomic E-state index is 4.54. The zero-order valence-corrected chi connectivity index (χ0v) is 10.7. The maximum absolute atomic E-state index is 4.54. The third-order valence-electron chi connectivity index (χ3n) is 4.41. The van der Waals surface area contributed by atoms with Crippen LogP contribution in [0, 0.1) is 11.8 Å². The van der Waals surface area contributed by atoms with E-state index in [1.54, 1.807) is 0 Å². The monoisotopic (exact) mass is 230 g/mol. The summed E-state index contributed by atoms with van der Waals surface area (Å²) in [6.45, 7) is 3.57. The molecule has 2 nitrogen and oxygen atoms in total. The number of fused-ring (bicyclic) bond motifs is 1. The summed E-state index contributed by atoms with van der Waals surface area (Å²) in [4.78, 5) is 4.54. The van der Waals surface area contributed by atoms with Gasteiger partial charge in [-0.3, -0.25) is 4.98 Å². The highest BCUT2D eigenvalue weighted by atomic mass is 15.0. The minimum atomic E-state index is 0.516. The Hall–Kier alpha value is -0.890. The fraction of sp³-hybridized carbons (Fsp3) is 0.667. The van der Waals surface area contributed by atoms with Crippen LogP contribution in [-0.4, -0.2) is 11.5 Å². The number of rotatable bonds is 3. The lowest BCUT2D eigenvalue weighted by Gasteiger charge is -2.16. The summed E-state index contributed by atoms with van der Waals surface area (Å²) in [6.07, 6.45) is 8.60. The Morgan fingerprint density at radius 1 is 1.35 bits per heavy atom. The SMILES string of the molecule is CC1CCC(CNC2CCc3cccnc32)C1. The molecule has 1 fully saturated rings. The average molecular weight is 230 g/mol. The molecular formula is C15H22N2. The second kappa shape index (κ2) is 4.77. The molecule has 1 aromatic rings. The topological polar surface area (TPSA) is 24.9 Å². The first-order valence-corrected chi connectivity index (χ1v) is 7.00. The molecule has 0 bridgehead atoms. The van der Waals surface area contributed by atoms with Crippen molar-refractivity contribution in [2.75, 3.05) is 6.54 Å². The zero-order chi connectivity index (χ0) is 11.7. The maximum Gasteiger partial charge on any atom is 0.0605 e. The molecule has 0 amide bonds. The molecule has 0 radical (unpaired) electrons. The van der Waals surface area contributed by atoms with Gasteiger partial charge in [0.1, 0.15) is 0 Å². The Balaban J connectivity index is 1.57. The summed E-state index contributed by atoms with van der Waals surface area (Å²) in [5, 5.41) is 3.74. The predicted octanol–water partition coefficient (Wildman–Crippen LogP) is 3.09. The van der Waals surface area contributed by atoms with E-state index in [-0.39, 0.29) is 0 Å². The van der Waals surface area contributed by atoms with Crippen molar-refractivity contribution in [2.24, 2.45) is 11.8 Å². The summed E-state index contributed by atoms with van der Waals surface area (Å²) in [5.41, 5.74) is 2.75. The van der Waals surface area contributed by atoms with Gasteiger partial charge in [-0.05, 0) is 55.7 Å². The van der Waals surface area contributed by atoms with Gasteiger partial charge in [0.2, 0.25) is 0 Å². The predicted molar refractivity (Wildman–Crippen MR) is 69.8 cm³/mol. The largest absolute Gasteiger partial charge is 0.308 e. The highest BCUT2D eigenvalue weighted by molar-refractivity contribution is 5.27. The van der Waals surface area contributed by atoms with Gasteiger partial charge in [-0.2, -0.15) is 0 Å². The van der Waals surface area contributed by atoms with Crippen LogP contribution in [0.2, 0.25) is 0 Å². The number of nitrogens with zero attached hydrogens (tertiary/aromatic N) is 1. The van der Waals surface area contributed by atoms with Gasteiger partial charge in [0, 0.05) is 6.20 Å². The van der Waals surface area contributed by atoms with E-state index in [1.165, 1.54) is 49.9 Å². The van der Waals surface area contributed by atoms with Gasteiger partial charge < -0.3 is 5.32 Å². The van der Waals surface area contributed by atoms with Crippen LogP contribution in [0.5, 0.6) is 0 Å². The van der Waals surface area contributed by atoms with Crippen molar-refractivity contribution in [3.63, 3.8) is 0 Å². The molecule has 1 heterocycles. The lowest BCUT2D eigenvalue weighted by molar-refractivity contribution is 0.423. The van der Waals surface area contributed by atoms with Crippen molar-refractivity contribution in [3.05, 3.63) is 29.6 Å². The molecule has 92 valence electrons. The highest BCUT2D eigenvalue weighted by Gasteiger charge is 2.26. The Morgan fingerprint density at radius 2 is 2.29 bits per heavy atom. The fourth-order valence-electron chi connectivity index (χ4n) is 3.43. The van der Waals surface area contributed by atoms with E-state index in [4.69, 9.17) is 0 Å². The average Bonchev–Trinajstić information content (AvgIpc) is 2.93. The number of aryl methyl sites for hydroxylation is 1. The molecule has 3 rings (SSSR count). The van der Waals surface area contributed by atoms with Crippen LogP contribution in [0.1, 0.15) is 49.9 Å². The van der Waals surface area contributed by atoms with Crippen LogP contribution in [0.3, 0.4) is 0 Å². The zero-order valence-electron chi connectivity index (χ0n) is 10.7. The second-order valence-corrected chi connectivity index (χ2v) is 5.83. The van der Waals surface area contributed by atoms with E-state index in [1.807, 2.05) is 6.20 Å². The molecular weight excluding hydrogens is 208 g/mol. The van der Waals surface area contributed by atoms with E-state index in [9.17, 15) is 0 Å². The number of hydrogen-bond acceptors (Lipinski definition) is 2. The molecule has 2 aliphatic carbocycles. The van der Waals surface area contributed by atoms with E-state index in [0.717, 1.165) is 11.8 Å². The minimum absolute atomic E-state index is 0.516. The molecule has 1 N–H and O–H groups in total. The first kappa shape index (κ1) is 11.2. The normalized spacial score (nSPS) is 31.7. The molecule has 3 unspecified atom stereocenters. The highest BCUT2D eigenvalue weighted by Crippen LogP contribution is 2.32. The third kappa shape index (κ3) is 2.37. The molecule has 1 aromatic heterocycles. The van der Waals surface area contributed by atoms with Gasteiger partial charge in [-0.25, -0.2) is 0 Å². The van der Waals surface area contributed by atoms with Gasteiger partial charge in [-0.15, -0.1) is 0 Å². The standard InChI is InChI=1S/C15H22N2/c1-11-4-5-12(9-11)10-17-14-7-6-13-3-2-8-16-15(13)14/h2-3,8,11-12,14,17H,4-7,9-10H2,1H3. The van der Waals surface area contributed by atoms with E-state index in [0.29, 0.717) is 6.04 Å². The third-order valence-corrected chi connectivity index (χ3v) is 4.41. The number of hydrogen-bond donors (Lipinski definition) is 1. The van der Waals surface area contributed by atoms with Crippen molar-refractivity contribution in [3.8, 4) is 0 Å². The summed E-state index contributed by atoms with van der Waals surface area (Å²) in [5.74, 6) is 1.84. The van der Waals surface area contributed by atoms with Gasteiger partial charge in [-0.1, -0.05) is 19.4 Å². The number of nitrogens with one attached hydrogen (secondary N) is 1. The Kier molecular flexibility index (Phi) is 3.15. The van der Waals surface area contributed by atoms with Gasteiger partial charge in [0.25, 0.3) is 0 Å². The summed E-state index contributed by atoms with van der Waals surface area (Å²) in [6, 6.07) is 4.80. The summed E-state index contributed by atoms with van der Waals surface area (Å²) >= 11 is 0. The Morgan fingerprint density at radius 3 is 3.12 bits per heavy atom. The van der Waals surface area contributed by atoms with Crippen molar-refractivity contribution >= 4 is 0 Å². The Labute approximate surface area is 104 Å². The van der Waals surface area contributed by atoms with Gasteiger partial charge in [0.05, 0.1) is 11.7 Å². The van der Waals surface area contributed by atoms with Crippen LogP contribution in [0.4, 0.5) is 0 Å². The van der Waals surface area contributed by atoms with Crippen LogP contribution >= 0.6 is 0 Å². The van der Waals surface area contributed by atoms with Crippen LogP contribution in [0.25, 0.3) is 0 Å². The molecule has 2 aliphatic rings. The van der Waals surface area contributed by atoms with Gasteiger partial charge >= 0.3 is 0 Å². The summed E-state index contributed by atoms with van der Waals surface area (Å²) < 4.78 is 0. The van der Waals surface area contributed by atoms with E-state index < -0.39 is 0 Å². The van der Waals surface area contributed by atoms with Crippen LogP contribution in [0.15, 0.2) is 18.3 Å². The minimum Gasteiger partial charge on any atom is -0.308 e. The molecule has 0 saturated heterocycles. The number of pyridine rings is 1. The van der Waals surface area contributed by atoms with E-state index in [2.05, 4.69) is 29.4 Å². The molecule has 1 saturated carbocycles. The molecule has 3 atom stereocenters. The van der Waals surface area contributed by atoms with Crippen molar-refractivity contribution in [1.29, 1.82) is 0 Å².